The normalized spacial score (nSPS) is 11.4. The van der Waals surface area contributed by atoms with Gasteiger partial charge in [0.15, 0.2) is 0 Å². The van der Waals surface area contributed by atoms with Crippen molar-refractivity contribution in [3.8, 4) is 0 Å². The monoisotopic (exact) mass is 268 g/mol. The standard InChI is InChI=1S/C11H12N2O4S/c1-8-10(6-9(7-14)17-8)18(15,16)13-11-4-2-3-5-12-11/h2-6,14H,7H2,1H3,(H,12,13). The van der Waals surface area contributed by atoms with E-state index in [-0.39, 0.29) is 28.8 Å². The van der Waals surface area contributed by atoms with Gasteiger partial charge in [0.2, 0.25) is 0 Å². The first-order chi connectivity index (χ1) is 8.53. The fourth-order valence-corrected chi connectivity index (χ4v) is 2.70. The van der Waals surface area contributed by atoms with Crippen LogP contribution in [0.1, 0.15) is 11.5 Å². The number of pyridine rings is 1. The van der Waals surface area contributed by atoms with Crippen molar-refractivity contribution in [3.63, 3.8) is 0 Å². The Morgan fingerprint density at radius 2 is 2.22 bits per heavy atom. The van der Waals surface area contributed by atoms with E-state index in [2.05, 4.69) is 9.71 Å². The molecule has 96 valence electrons. The zero-order chi connectivity index (χ0) is 13.2. The lowest BCUT2D eigenvalue weighted by molar-refractivity contribution is 0.245. The zero-order valence-electron chi connectivity index (χ0n) is 9.62. The van der Waals surface area contributed by atoms with Crippen molar-refractivity contribution < 1.29 is 17.9 Å². The number of nitrogens with one attached hydrogen (secondary N) is 1. The highest BCUT2D eigenvalue weighted by atomic mass is 32.2. The number of furan rings is 1. The molecule has 2 heterocycles. The van der Waals surface area contributed by atoms with Gasteiger partial charge in [0, 0.05) is 12.3 Å². The highest BCUT2D eigenvalue weighted by Gasteiger charge is 2.21. The van der Waals surface area contributed by atoms with E-state index in [1.807, 2.05) is 0 Å². The fraction of sp³-hybridized carbons (Fsp3) is 0.182. The molecule has 0 radical (unpaired) electrons. The average molecular weight is 268 g/mol. The molecule has 0 atom stereocenters. The number of aliphatic hydroxyl groups is 1. The molecule has 2 aromatic heterocycles. The lowest BCUT2D eigenvalue weighted by Crippen LogP contribution is -2.13. The van der Waals surface area contributed by atoms with E-state index in [0.717, 1.165) is 0 Å². The van der Waals surface area contributed by atoms with Crippen molar-refractivity contribution in [2.75, 3.05) is 4.72 Å². The molecule has 0 bridgehead atoms. The molecular formula is C11H12N2O4S. The Morgan fingerprint density at radius 3 is 2.78 bits per heavy atom. The summed E-state index contributed by atoms with van der Waals surface area (Å²) in [6, 6.07) is 6.19. The number of aryl methyl sites for hydroxylation is 1. The summed E-state index contributed by atoms with van der Waals surface area (Å²) in [5.41, 5.74) is 0. The number of anilines is 1. The third-order valence-electron chi connectivity index (χ3n) is 2.27. The van der Waals surface area contributed by atoms with Crippen molar-refractivity contribution >= 4 is 15.8 Å². The molecule has 0 amide bonds. The first-order valence-electron chi connectivity index (χ1n) is 5.17. The smallest absolute Gasteiger partial charge is 0.266 e. The molecule has 0 fully saturated rings. The van der Waals surface area contributed by atoms with Gasteiger partial charge in [0.05, 0.1) is 0 Å². The molecule has 7 heteroatoms. The van der Waals surface area contributed by atoms with Gasteiger partial charge in [-0.2, -0.15) is 0 Å². The van der Waals surface area contributed by atoms with Crippen molar-refractivity contribution in [2.24, 2.45) is 0 Å². The first-order valence-corrected chi connectivity index (χ1v) is 6.65. The van der Waals surface area contributed by atoms with Gasteiger partial charge < -0.3 is 9.52 Å². The van der Waals surface area contributed by atoms with E-state index < -0.39 is 10.0 Å². The minimum Gasteiger partial charge on any atom is -0.462 e. The Kier molecular flexibility index (Phi) is 3.35. The number of hydrogen-bond acceptors (Lipinski definition) is 5. The fourth-order valence-electron chi connectivity index (χ4n) is 1.48. The van der Waals surface area contributed by atoms with Gasteiger partial charge in [0.25, 0.3) is 10.0 Å². The lowest BCUT2D eigenvalue weighted by atomic mass is 10.4. The van der Waals surface area contributed by atoms with Gasteiger partial charge in [-0.25, -0.2) is 13.4 Å². The Bertz CT molecular complexity index is 634. The molecule has 0 aliphatic heterocycles. The number of rotatable bonds is 4. The van der Waals surface area contributed by atoms with Gasteiger partial charge in [0.1, 0.15) is 28.8 Å². The largest absolute Gasteiger partial charge is 0.462 e. The second-order valence-corrected chi connectivity index (χ2v) is 5.26. The van der Waals surface area contributed by atoms with Crippen LogP contribution in [-0.4, -0.2) is 18.5 Å². The predicted octanol–water partition coefficient (Wildman–Crippen LogP) is 1.28. The summed E-state index contributed by atoms with van der Waals surface area (Å²) in [6.07, 6.45) is 1.49. The van der Waals surface area contributed by atoms with Crippen molar-refractivity contribution in [1.29, 1.82) is 0 Å². The van der Waals surface area contributed by atoms with Crippen molar-refractivity contribution in [2.45, 2.75) is 18.4 Å². The summed E-state index contributed by atoms with van der Waals surface area (Å²) >= 11 is 0. The number of nitrogens with zero attached hydrogens (tertiary/aromatic N) is 1. The first kappa shape index (κ1) is 12.6. The van der Waals surface area contributed by atoms with E-state index in [1.54, 1.807) is 18.2 Å². The maximum atomic E-state index is 12.1. The molecule has 2 aromatic rings. The minimum absolute atomic E-state index is 0.00259. The van der Waals surface area contributed by atoms with Gasteiger partial charge in [-0.3, -0.25) is 4.72 Å². The summed E-state index contributed by atoms with van der Waals surface area (Å²) in [7, 11) is -3.75. The van der Waals surface area contributed by atoms with Crippen LogP contribution in [0, 0.1) is 6.92 Å². The number of aromatic nitrogens is 1. The molecule has 0 unspecified atom stereocenters. The number of aliphatic hydroxyl groups excluding tert-OH is 1. The Morgan fingerprint density at radius 1 is 1.44 bits per heavy atom. The van der Waals surface area contributed by atoms with Crippen LogP contribution >= 0.6 is 0 Å². The summed E-state index contributed by atoms with van der Waals surface area (Å²) in [6.45, 7) is 1.17. The van der Waals surface area contributed by atoms with E-state index in [0.29, 0.717) is 0 Å². The quantitative estimate of drug-likeness (QED) is 0.871. The maximum absolute atomic E-state index is 12.1. The Balaban J connectivity index is 2.34. The van der Waals surface area contributed by atoms with Crippen LogP contribution in [0.2, 0.25) is 0 Å². The van der Waals surface area contributed by atoms with Crippen molar-refractivity contribution in [3.05, 3.63) is 42.0 Å². The highest BCUT2D eigenvalue weighted by molar-refractivity contribution is 7.92. The second-order valence-electron chi connectivity index (χ2n) is 3.61. The number of hydrogen-bond donors (Lipinski definition) is 2. The Labute approximate surface area is 104 Å². The van der Waals surface area contributed by atoms with Crippen LogP contribution in [-0.2, 0) is 16.6 Å². The van der Waals surface area contributed by atoms with E-state index in [9.17, 15) is 8.42 Å². The minimum atomic E-state index is -3.75. The molecule has 0 aliphatic rings. The third-order valence-corrected chi connectivity index (χ3v) is 3.73. The number of sulfonamides is 1. The van der Waals surface area contributed by atoms with Gasteiger partial charge in [-0.05, 0) is 19.1 Å². The van der Waals surface area contributed by atoms with Crippen LogP contribution in [0.4, 0.5) is 5.82 Å². The molecule has 0 aromatic carbocycles. The van der Waals surface area contributed by atoms with Crippen LogP contribution in [0.25, 0.3) is 0 Å². The molecular weight excluding hydrogens is 256 g/mol. The van der Waals surface area contributed by atoms with Gasteiger partial charge in [-0.1, -0.05) is 6.07 Å². The Hall–Kier alpha value is -1.86. The van der Waals surface area contributed by atoms with E-state index >= 15 is 0 Å². The topological polar surface area (TPSA) is 92.4 Å². The van der Waals surface area contributed by atoms with Crippen LogP contribution < -0.4 is 4.72 Å². The van der Waals surface area contributed by atoms with Crippen LogP contribution in [0.5, 0.6) is 0 Å². The third kappa shape index (κ3) is 2.52. The summed E-state index contributed by atoms with van der Waals surface area (Å²) in [5, 5.41) is 8.91. The molecule has 0 saturated carbocycles. The van der Waals surface area contributed by atoms with Crippen LogP contribution in [0.3, 0.4) is 0 Å². The molecule has 2 N–H and O–H groups in total. The lowest BCUT2D eigenvalue weighted by Gasteiger charge is -2.05. The molecule has 0 spiro atoms. The zero-order valence-corrected chi connectivity index (χ0v) is 10.4. The molecule has 0 saturated heterocycles. The maximum Gasteiger partial charge on any atom is 0.266 e. The summed E-state index contributed by atoms with van der Waals surface area (Å²) in [4.78, 5) is 3.87. The molecule has 6 nitrogen and oxygen atoms in total. The van der Waals surface area contributed by atoms with Crippen molar-refractivity contribution in [1.82, 2.24) is 4.98 Å². The van der Waals surface area contributed by atoms with Gasteiger partial charge >= 0.3 is 0 Å². The van der Waals surface area contributed by atoms with Gasteiger partial charge in [-0.15, -0.1) is 0 Å². The SMILES string of the molecule is Cc1oc(CO)cc1S(=O)(=O)Nc1ccccn1. The van der Waals surface area contributed by atoms with Crippen LogP contribution in [0.15, 0.2) is 39.8 Å². The van der Waals surface area contributed by atoms with E-state index in [4.69, 9.17) is 9.52 Å². The summed E-state index contributed by atoms with van der Waals surface area (Å²) in [5.74, 6) is 0.653. The average Bonchev–Trinajstić information content (AvgIpc) is 2.72. The molecule has 0 aliphatic carbocycles. The second kappa shape index (κ2) is 4.79. The van der Waals surface area contributed by atoms with E-state index in [1.165, 1.54) is 19.2 Å². The molecule has 2 rings (SSSR count). The molecule has 18 heavy (non-hydrogen) atoms. The predicted molar refractivity (Wildman–Crippen MR) is 64.4 cm³/mol. The summed E-state index contributed by atoms with van der Waals surface area (Å²) < 4.78 is 31.5. The highest BCUT2D eigenvalue weighted by Crippen LogP contribution is 2.22.